The number of nitrogens with zero attached hydrogens (tertiary/aromatic N) is 3. The Kier molecular flexibility index (Phi) is 4.57. The van der Waals surface area contributed by atoms with Crippen molar-refractivity contribution in [3.05, 3.63) is 35.1 Å². The maximum Gasteiger partial charge on any atom is 0.231 e. The molecule has 1 atom stereocenters. The third-order valence-corrected chi connectivity index (χ3v) is 4.94. The number of carbonyl (C=O) groups excluding carboxylic acids is 2. The predicted molar refractivity (Wildman–Crippen MR) is 89.5 cm³/mol. The van der Waals surface area contributed by atoms with Crippen LogP contribution in [0.25, 0.3) is 0 Å². The summed E-state index contributed by atoms with van der Waals surface area (Å²) in [5.74, 6) is -0.984. The molecule has 1 N–H and O–H groups in total. The van der Waals surface area contributed by atoms with E-state index >= 15 is 0 Å². The standard InChI is InChI=1S/C16H17FN4O2S/c1-9(2)15-19-20-16(24-15)18-14(23)10-7-13(22)21(8-10)12-5-3-11(17)4-6-12/h3-6,9-10H,7-8H2,1-2H3,(H,18,20,23)/t10-/m1/s1. The van der Waals surface area contributed by atoms with Crippen LogP contribution >= 0.6 is 11.3 Å². The van der Waals surface area contributed by atoms with Crippen LogP contribution in [0.3, 0.4) is 0 Å². The van der Waals surface area contributed by atoms with Crippen molar-refractivity contribution in [1.29, 1.82) is 0 Å². The van der Waals surface area contributed by atoms with Gasteiger partial charge in [0, 0.05) is 24.6 Å². The summed E-state index contributed by atoms with van der Waals surface area (Å²) in [7, 11) is 0. The van der Waals surface area contributed by atoms with Crippen LogP contribution in [0.4, 0.5) is 15.2 Å². The Labute approximate surface area is 142 Å². The molecule has 1 aliphatic heterocycles. The van der Waals surface area contributed by atoms with Gasteiger partial charge in [-0.2, -0.15) is 0 Å². The highest BCUT2D eigenvalue weighted by molar-refractivity contribution is 7.15. The largest absolute Gasteiger partial charge is 0.312 e. The van der Waals surface area contributed by atoms with Gasteiger partial charge in [0.15, 0.2) is 0 Å². The number of carbonyl (C=O) groups is 2. The minimum atomic E-state index is -0.464. The molecule has 24 heavy (non-hydrogen) atoms. The molecule has 6 nitrogen and oxygen atoms in total. The molecule has 0 aliphatic carbocycles. The molecule has 1 saturated heterocycles. The van der Waals surface area contributed by atoms with E-state index in [1.807, 2.05) is 13.8 Å². The van der Waals surface area contributed by atoms with Crippen LogP contribution in [0.15, 0.2) is 24.3 Å². The second-order valence-corrected chi connectivity index (χ2v) is 6.98. The lowest BCUT2D eigenvalue weighted by molar-refractivity contribution is -0.122. The van der Waals surface area contributed by atoms with Crippen LogP contribution in [0, 0.1) is 11.7 Å². The zero-order chi connectivity index (χ0) is 17.3. The van der Waals surface area contributed by atoms with Crippen LogP contribution in [-0.4, -0.2) is 28.6 Å². The number of halogens is 1. The molecule has 1 fully saturated rings. The second kappa shape index (κ2) is 6.64. The van der Waals surface area contributed by atoms with Crippen molar-refractivity contribution >= 4 is 34.0 Å². The van der Waals surface area contributed by atoms with E-state index in [-0.39, 0.29) is 36.5 Å². The highest BCUT2D eigenvalue weighted by Gasteiger charge is 2.35. The van der Waals surface area contributed by atoms with Gasteiger partial charge in [-0.25, -0.2) is 4.39 Å². The Morgan fingerprint density at radius 2 is 2.04 bits per heavy atom. The first-order chi connectivity index (χ1) is 11.4. The zero-order valence-electron chi connectivity index (χ0n) is 13.3. The van der Waals surface area contributed by atoms with Crippen molar-refractivity contribution in [1.82, 2.24) is 10.2 Å². The third kappa shape index (κ3) is 3.43. The van der Waals surface area contributed by atoms with E-state index in [1.54, 1.807) is 0 Å². The van der Waals surface area contributed by atoms with Crippen molar-refractivity contribution < 1.29 is 14.0 Å². The molecule has 1 aromatic carbocycles. The summed E-state index contributed by atoms with van der Waals surface area (Å²) in [4.78, 5) is 26.0. The van der Waals surface area contributed by atoms with E-state index in [9.17, 15) is 14.0 Å². The van der Waals surface area contributed by atoms with Crippen LogP contribution in [0.2, 0.25) is 0 Å². The number of anilines is 2. The molecule has 2 amide bonds. The van der Waals surface area contributed by atoms with Crippen molar-refractivity contribution in [2.24, 2.45) is 5.92 Å². The number of rotatable bonds is 4. The van der Waals surface area contributed by atoms with Crippen LogP contribution in [-0.2, 0) is 9.59 Å². The number of hydrogen-bond donors (Lipinski definition) is 1. The second-order valence-electron chi connectivity index (χ2n) is 5.97. The molecular formula is C16H17FN4O2S. The Hall–Kier alpha value is -2.35. The maximum absolute atomic E-state index is 13.0. The first kappa shape index (κ1) is 16.5. The Morgan fingerprint density at radius 3 is 2.67 bits per heavy atom. The fourth-order valence-electron chi connectivity index (χ4n) is 2.48. The van der Waals surface area contributed by atoms with Gasteiger partial charge < -0.3 is 10.2 Å². The van der Waals surface area contributed by atoms with E-state index in [2.05, 4.69) is 15.5 Å². The van der Waals surface area contributed by atoms with E-state index in [4.69, 9.17) is 0 Å². The zero-order valence-corrected chi connectivity index (χ0v) is 14.1. The first-order valence-electron chi connectivity index (χ1n) is 7.64. The van der Waals surface area contributed by atoms with Crippen molar-refractivity contribution in [2.45, 2.75) is 26.2 Å². The highest BCUT2D eigenvalue weighted by Crippen LogP contribution is 2.27. The van der Waals surface area contributed by atoms with Crippen LogP contribution in [0.5, 0.6) is 0 Å². The molecule has 126 valence electrons. The first-order valence-corrected chi connectivity index (χ1v) is 8.46. The van der Waals surface area contributed by atoms with Gasteiger partial charge in [0.05, 0.1) is 5.92 Å². The molecule has 1 aromatic heterocycles. The predicted octanol–water partition coefficient (Wildman–Crippen LogP) is 2.79. The molecule has 2 aromatic rings. The van der Waals surface area contributed by atoms with Gasteiger partial charge in [-0.1, -0.05) is 25.2 Å². The van der Waals surface area contributed by atoms with Gasteiger partial charge in [0.1, 0.15) is 10.8 Å². The van der Waals surface area contributed by atoms with E-state index in [1.165, 1.54) is 40.5 Å². The monoisotopic (exact) mass is 348 g/mol. The Balaban J connectivity index is 1.66. The number of nitrogens with one attached hydrogen (secondary N) is 1. The number of amides is 2. The normalized spacial score (nSPS) is 17.6. The molecule has 8 heteroatoms. The van der Waals surface area contributed by atoms with E-state index in [0.29, 0.717) is 10.8 Å². The SMILES string of the molecule is CC(C)c1nnc(NC(=O)[C@@H]2CC(=O)N(c3ccc(F)cc3)C2)s1. The highest BCUT2D eigenvalue weighted by atomic mass is 32.1. The quantitative estimate of drug-likeness (QED) is 0.922. The number of aromatic nitrogens is 2. The Bertz CT molecular complexity index is 760. The van der Waals surface area contributed by atoms with Gasteiger partial charge in [0.25, 0.3) is 0 Å². The van der Waals surface area contributed by atoms with Gasteiger partial charge in [0.2, 0.25) is 16.9 Å². The smallest absolute Gasteiger partial charge is 0.231 e. The van der Waals surface area contributed by atoms with Gasteiger partial charge in [-0.3, -0.25) is 9.59 Å². The topological polar surface area (TPSA) is 75.2 Å². The lowest BCUT2D eigenvalue weighted by atomic mass is 10.1. The fraction of sp³-hybridized carbons (Fsp3) is 0.375. The summed E-state index contributed by atoms with van der Waals surface area (Å²) >= 11 is 1.33. The average molecular weight is 348 g/mol. The minimum absolute atomic E-state index is 0.124. The number of benzene rings is 1. The van der Waals surface area contributed by atoms with E-state index < -0.39 is 5.92 Å². The summed E-state index contributed by atoms with van der Waals surface area (Å²) < 4.78 is 13.0. The molecule has 0 spiro atoms. The summed E-state index contributed by atoms with van der Waals surface area (Å²) in [5, 5.41) is 12.0. The summed E-state index contributed by atoms with van der Waals surface area (Å²) in [5.41, 5.74) is 0.592. The molecule has 0 saturated carbocycles. The van der Waals surface area contributed by atoms with Crippen LogP contribution < -0.4 is 10.2 Å². The minimum Gasteiger partial charge on any atom is -0.312 e. The molecule has 1 aliphatic rings. The average Bonchev–Trinajstić information content (AvgIpc) is 3.15. The molecule has 2 heterocycles. The Morgan fingerprint density at radius 1 is 1.33 bits per heavy atom. The lowest BCUT2D eigenvalue weighted by Gasteiger charge is -2.16. The van der Waals surface area contributed by atoms with Gasteiger partial charge in [-0.05, 0) is 24.3 Å². The third-order valence-electron chi connectivity index (χ3n) is 3.80. The van der Waals surface area contributed by atoms with Crippen LogP contribution in [0.1, 0.15) is 31.2 Å². The number of hydrogen-bond acceptors (Lipinski definition) is 5. The van der Waals surface area contributed by atoms with Crippen molar-refractivity contribution in [3.63, 3.8) is 0 Å². The molecule has 0 bridgehead atoms. The fourth-order valence-corrected chi connectivity index (χ4v) is 3.23. The molecule has 0 radical (unpaired) electrons. The van der Waals surface area contributed by atoms with Crippen molar-refractivity contribution in [2.75, 3.05) is 16.8 Å². The van der Waals surface area contributed by atoms with Gasteiger partial charge in [-0.15, -0.1) is 10.2 Å². The summed E-state index contributed by atoms with van der Waals surface area (Å²) in [6, 6.07) is 5.66. The lowest BCUT2D eigenvalue weighted by Crippen LogP contribution is -2.28. The van der Waals surface area contributed by atoms with Gasteiger partial charge >= 0.3 is 0 Å². The maximum atomic E-state index is 13.0. The summed E-state index contributed by atoms with van der Waals surface area (Å²) in [6.07, 6.45) is 0.124. The summed E-state index contributed by atoms with van der Waals surface area (Å²) in [6.45, 7) is 4.27. The van der Waals surface area contributed by atoms with Crippen molar-refractivity contribution in [3.8, 4) is 0 Å². The van der Waals surface area contributed by atoms with E-state index in [0.717, 1.165) is 5.01 Å². The molecule has 0 unspecified atom stereocenters. The molecule has 3 rings (SSSR count). The molecular weight excluding hydrogens is 331 g/mol.